The Hall–Kier alpha value is -3.60. The van der Waals surface area contributed by atoms with E-state index in [0.717, 1.165) is 44.3 Å². The van der Waals surface area contributed by atoms with E-state index in [1.807, 2.05) is 0 Å². The van der Waals surface area contributed by atoms with Gasteiger partial charge in [0.1, 0.15) is 29.8 Å². The van der Waals surface area contributed by atoms with Crippen molar-refractivity contribution in [3.63, 3.8) is 0 Å². The summed E-state index contributed by atoms with van der Waals surface area (Å²) in [6.45, 7) is 0.586. The third-order valence-electron chi connectivity index (χ3n) is 6.03. The van der Waals surface area contributed by atoms with Gasteiger partial charge in [0.25, 0.3) is 0 Å². The normalized spacial score (nSPS) is 14.0. The molecule has 1 aliphatic rings. The van der Waals surface area contributed by atoms with Gasteiger partial charge in [-0.05, 0) is 43.2 Å². The smallest absolute Gasteiger partial charge is 0.244 e. The van der Waals surface area contributed by atoms with Crippen molar-refractivity contribution in [3.05, 3.63) is 59.9 Å². The number of aromatic nitrogens is 5. The molecule has 0 bridgehead atoms. The number of anilines is 1. The van der Waals surface area contributed by atoms with E-state index in [1.54, 1.807) is 41.0 Å². The lowest BCUT2D eigenvalue weighted by atomic mass is 10.1. The number of amides is 1. The van der Waals surface area contributed by atoms with Gasteiger partial charge in [-0.2, -0.15) is 0 Å². The summed E-state index contributed by atoms with van der Waals surface area (Å²) in [6.07, 6.45) is 5.18. The number of nitrogens with one attached hydrogen (secondary N) is 1. The Labute approximate surface area is 201 Å². The predicted molar refractivity (Wildman–Crippen MR) is 130 cm³/mol. The molecule has 0 spiro atoms. The summed E-state index contributed by atoms with van der Waals surface area (Å²) >= 11 is 0. The van der Waals surface area contributed by atoms with Crippen molar-refractivity contribution < 1.29 is 17.6 Å². The molecule has 11 heteroatoms. The molecule has 5 rings (SSSR count). The number of imidazole rings is 1. The molecule has 1 aliphatic heterocycles. The van der Waals surface area contributed by atoms with Gasteiger partial charge in [0.05, 0.1) is 16.7 Å². The van der Waals surface area contributed by atoms with Crippen LogP contribution >= 0.6 is 0 Å². The first-order valence-corrected chi connectivity index (χ1v) is 13.5. The van der Waals surface area contributed by atoms with Gasteiger partial charge >= 0.3 is 0 Å². The van der Waals surface area contributed by atoms with Crippen LogP contribution in [-0.4, -0.2) is 44.9 Å². The fourth-order valence-corrected chi connectivity index (χ4v) is 5.13. The van der Waals surface area contributed by atoms with Crippen LogP contribution in [-0.2, 0) is 39.9 Å². The first-order valence-electron chi connectivity index (χ1n) is 11.4. The van der Waals surface area contributed by atoms with Crippen molar-refractivity contribution in [2.75, 3.05) is 11.6 Å². The van der Waals surface area contributed by atoms with Crippen LogP contribution in [0.15, 0.2) is 42.5 Å². The molecular formula is C24H25FN6O3S. The highest BCUT2D eigenvalue weighted by molar-refractivity contribution is 7.89. The molecule has 0 atom stereocenters. The van der Waals surface area contributed by atoms with Crippen molar-refractivity contribution in [1.29, 1.82) is 0 Å². The van der Waals surface area contributed by atoms with Crippen LogP contribution in [0, 0.1) is 5.82 Å². The van der Waals surface area contributed by atoms with Crippen LogP contribution in [0.4, 0.5) is 10.1 Å². The number of fused-ring (bicyclic) bond motifs is 2. The van der Waals surface area contributed by atoms with Crippen LogP contribution in [0.3, 0.4) is 0 Å². The van der Waals surface area contributed by atoms with Crippen LogP contribution in [0.2, 0.25) is 0 Å². The SMILES string of the molecule is CS(=O)(=O)Cc1nc2ccccc2n1CC(=O)Nc1cc(-c2nnc3n2CCCCC3)ccc1F. The largest absolute Gasteiger partial charge is 0.322 e. The Morgan fingerprint density at radius 1 is 1.11 bits per heavy atom. The van der Waals surface area contributed by atoms with Crippen molar-refractivity contribution in [1.82, 2.24) is 24.3 Å². The minimum atomic E-state index is -3.38. The topological polar surface area (TPSA) is 112 Å². The molecule has 2 aromatic heterocycles. The van der Waals surface area contributed by atoms with Gasteiger partial charge in [0.2, 0.25) is 5.91 Å². The second-order valence-electron chi connectivity index (χ2n) is 8.82. The lowest BCUT2D eigenvalue weighted by Gasteiger charge is -2.12. The lowest BCUT2D eigenvalue weighted by molar-refractivity contribution is -0.116. The maximum atomic E-state index is 14.7. The van der Waals surface area contributed by atoms with Gasteiger partial charge < -0.3 is 14.5 Å². The maximum Gasteiger partial charge on any atom is 0.244 e. The lowest BCUT2D eigenvalue weighted by Crippen LogP contribution is -2.21. The number of hydrogen-bond donors (Lipinski definition) is 1. The first kappa shape index (κ1) is 23.2. The molecule has 4 aromatic rings. The van der Waals surface area contributed by atoms with Gasteiger partial charge in [-0.25, -0.2) is 17.8 Å². The fourth-order valence-electron chi connectivity index (χ4n) is 4.44. The van der Waals surface area contributed by atoms with Crippen LogP contribution < -0.4 is 5.32 Å². The maximum absolute atomic E-state index is 14.7. The average Bonchev–Trinajstić information content (AvgIpc) is 3.26. The summed E-state index contributed by atoms with van der Waals surface area (Å²) < 4.78 is 42.1. The summed E-state index contributed by atoms with van der Waals surface area (Å²) in [5.41, 5.74) is 1.89. The van der Waals surface area contributed by atoms with E-state index in [-0.39, 0.29) is 23.8 Å². The number of carbonyl (C=O) groups is 1. The van der Waals surface area contributed by atoms with E-state index >= 15 is 0 Å². The minimum absolute atomic E-state index is 0.0209. The number of halogens is 1. The Morgan fingerprint density at radius 3 is 2.77 bits per heavy atom. The monoisotopic (exact) mass is 496 g/mol. The number of carbonyl (C=O) groups excluding carboxylic acids is 1. The van der Waals surface area contributed by atoms with E-state index in [9.17, 15) is 17.6 Å². The number of nitrogens with zero attached hydrogens (tertiary/aromatic N) is 5. The van der Waals surface area contributed by atoms with Crippen LogP contribution in [0.5, 0.6) is 0 Å². The fraction of sp³-hybridized carbons (Fsp3) is 0.333. The number of hydrogen-bond acceptors (Lipinski definition) is 6. The highest BCUT2D eigenvalue weighted by Gasteiger charge is 2.20. The van der Waals surface area contributed by atoms with E-state index < -0.39 is 21.6 Å². The zero-order valence-electron chi connectivity index (χ0n) is 19.2. The number of rotatable bonds is 6. The van der Waals surface area contributed by atoms with E-state index in [0.29, 0.717) is 22.4 Å². The number of aryl methyl sites for hydroxylation is 1. The molecule has 9 nitrogen and oxygen atoms in total. The van der Waals surface area contributed by atoms with Gasteiger partial charge in [0, 0.05) is 24.8 Å². The summed E-state index contributed by atoms with van der Waals surface area (Å²) in [5.74, 6) is 0.426. The first-order chi connectivity index (χ1) is 16.8. The summed E-state index contributed by atoms with van der Waals surface area (Å²) in [4.78, 5) is 17.3. The van der Waals surface area contributed by atoms with E-state index in [4.69, 9.17) is 0 Å². The second kappa shape index (κ2) is 9.21. The van der Waals surface area contributed by atoms with Gasteiger partial charge in [-0.1, -0.05) is 18.6 Å². The second-order valence-corrected chi connectivity index (χ2v) is 11.0. The predicted octanol–water partition coefficient (Wildman–Crippen LogP) is 3.34. The van der Waals surface area contributed by atoms with Crippen molar-refractivity contribution in [2.45, 2.75) is 44.5 Å². The van der Waals surface area contributed by atoms with Crippen LogP contribution in [0.1, 0.15) is 30.9 Å². The molecule has 0 saturated heterocycles. The molecule has 3 heterocycles. The third-order valence-corrected chi connectivity index (χ3v) is 6.82. The Kier molecular flexibility index (Phi) is 6.10. The quantitative estimate of drug-likeness (QED) is 0.438. The standard InChI is InChI=1S/C24H25FN6O3S/c1-35(33,34)15-22-26-18-7-4-5-8-20(18)31(22)14-23(32)27-19-13-16(10-11-17(19)25)24-29-28-21-9-3-2-6-12-30(21)24/h4-5,7-8,10-11,13H,2-3,6,9,12,14-15H2,1H3,(H,27,32). The zero-order valence-corrected chi connectivity index (χ0v) is 20.1. The molecular weight excluding hydrogens is 471 g/mol. The number of sulfone groups is 1. The summed E-state index contributed by atoms with van der Waals surface area (Å²) in [7, 11) is -3.38. The highest BCUT2D eigenvalue weighted by atomic mass is 32.2. The van der Waals surface area contributed by atoms with Crippen molar-refractivity contribution in [2.24, 2.45) is 0 Å². The average molecular weight is 497 g/mol. The molecule has 35 heavy (non-hydrogen) atoms. The molecule has 182 valence electrons. The number of para-hydroxylation sites is 2. The minimum Gasteiger partial charge on any atom is -0.322 e. The number of benzene rings is 2. The van der Waals surface area contributed by atoms with Gasteiger partial charge in [-0.15, -0.1) is 10.2 Å². The highest BCUT2D eigenvalue weighted by Crippen LogP contribution is 2.27. The zero-order chi connectivity index (χ0) is 24.6. The molecule has 2 aromatic carbocycles. The van der Waals surface area contributed by atoms with Crippen molar-refractivity contribution in [3.8, 4) is 11.4 Å². The Balaban J connectivity index is 1.42. The Bertz CT molecular complexity index is 1530. The van der Waals surface area contributed by atoms with Crippen LogP contribution in [0.25, 0.3) is 22.4 Å². The molecule has 1 N–H and O–H groups in total. The molecule has 0 radical (unpaired) electrons. The third kappa shape index (κ3) is 4.95. The summed E-state index contributed by atoms with van der Waals surface area (Å²) in [6, 6.07) is 11.6. The Morgan fingerprint density at radius 2 is 1.94 bits per heavy atom. The molecule has 0 aliphatic carbocycles. The summed E-state index contributed by atoms with van der Waals surface area (Å²) in [5, 5.41) is 11.2. The van der Waals surface area contributed by atoms with Gasteiger partial charge in [-0.3, -0.25) is 4.79 Å². The van der Waals surface area contributed by atoms with E-state index in [2.05, 4.69) is 25.1 Å². The molecule has 0 unspecified atom stereocenters. The van der Waals surface area contributed by atoms with Gasteiger partial charge in [0.15, 0.2) is 15.7 Å². The molecule has 1 amide bonds. The molecule has 0 saturated carbocycles. The van der Waals surface area contributed by atoms with E-state index in [1.165, 1.54) is 6.07 Å². The van der Waals surface area contributed by atoms with Crippen molar-refractivity contribution >= 4 is 32.5 Å². The molecule has 0 fully saturated rings.